The molecule has 0 aliphatic heterocycles. The Kier molecular flexibility index (Phi) is 5.23. The van der Waals surface area contributed by atoms with Crippen molar-refractivity contribution in [2.45, 2.75) is 12.8 Å². The van der Waals surface area contributed by atoms with Crippen LogP contribution in [0.2, 0.25) is 0 Å². The van der Waals surface area contributed by atoms with Gasteiger partial charge in [0.25, 0.3) is 5.91 Å². The van der Waals surface area contributed by atoms with E-state index in [1.54, 1.807) is 42.9 Å². The lowest BCUT2D eigenvalue weighted by Crippen LogP contribution is -2.16. The van der Waals surface area contributed by atoms with E-state index in [0.717, 1.165) is 0 Å². The highest BCUT2D eigenvalue weighted by atomic mass is 16.2. The number of hydrogen-bond acceptors (Lipinski definition) is 6. The van der Waals surface area contributed by atoms with Crippen molar-refractivity contribution < 1.29 is 9.59 Å². The number of anilines is 1. The molecule has 0 saturated heterocycles. The van der Waals surface area contributed by atoms with Crippen LogP contribution in [0, 0.1) is 5.41 Å². The molecule has 0 saturated carbocycles. The number of rotatable bonds is 7. The molecule has 0 spiro atoms. The van der Waals surface area contributed by atoms with E-state index >= 15 is 0 Å². The van der Waals surface area contributed by atoms with Crippen molar-refractivity contribution in [1.82, 2.24) is 20.2 Å². The molecule has 0 bridgehead atoms. The predicted octanol–water partition coefficient (Wildman–Crippen LogP) is 2.48. The number of amides is 1. The van der Waals surface area contributed by atoms with E-state index in [2.05, 4.69) is 25.5 Å². The predicted molar refractivity (Wildman–Crippen MR) is 95.4 cm³/mol. The first-order valence-electron chi connectivity index (χ1n) is 7.91. The second-order valence-electron chi connectivity index (χ2n) is 5.50. The van der Waals surface area contributed by atoms with Gasteiger partial charge in [0.15, 0.2) is 5.78 Å². The summed E-state index contributed by atoms with van der Waals surface area (Å²) in [5.74, 6) is -0.732. The van der Waals surface area contributed by atoms with Crippen LogP contribution in [0.4, 0.5) is 5.69 Å². The average molecular weight is 348 g/mol. The number of ketones is 1. The Balaban J connectivity index is 1.65. The van der Waals surface area contributed by atoms with E-state index in [4.69, 9.17) is 5.41 Å². The number of aromatic nitrogens is 4. The molecule has 0 unspecified atom stereocenters. The van der Waals surface area contributed by atoms with E-state index in [9.17, 15) is 9.59 Å². The number of Topliss-reactive ketones (excluding diaryl/α,β-unsaturated/α-hetero) is 1. The minimum atomic E-state index is -0.447. The molecule has 8 nitrogen and oxygen atoms in total. The van der Waals surface area contributed by atoms with Gasteiger partial charge in [-0.1, -0.05) is 6.07 Å². The quantitative estimate of drug-likeness (QED) is 0.447. The molecule has 130 valence electrons. The Bertz CT molecular complexity index is 921. The molecule has 0 aliphatic carbocycles. The first-order valence-corrected chi connectivity index (χ1v) is 7.91. The van der Waals surface area contributed by atoms with Crippen LogP contribution in [0.15, 0.2) is 55.2 Å². The van der Waals surface area contributed by atoms with Gasteiger partial charge in [-0.15, -0.1) is 0 Å². The lowest BCUT2D eigenvalue weighted by Gasteiger charge is -2.06. The highest BCUT2D eigenvalue weighted by Gasteiger charge is 2.20. The molecule has 0 aliphatic rings. The van der Waals surface area contributed by atoms with Gasteiger partial charge in [-0.3, -0.25) is 24.7 Å². The third-order valence-corrected chi connectivity index (χ3v) is 3.69. The lowest BCUT2D eigenvalue weighted by atomic mass is 10.0. The molecule has 0 aromatic carbocycles. The number of nitrogens with zero attached hydrogens (tertiary/aromatic N) is 3. The van der Waals surface area contributed by atoms with Gasteiger partial charge in [0.05, 0.1) is 23.6 Å². The lowest BCUT2D eigenvalue weighted by molar-refractivity contribution is 0.0962. The number of nitrogens with one attached hydrogen (secondary N) is 3. The molecule has 3 N–H and O–H groups in total. The second kappa shape index (κ2) is 7.93. The normalized spacial score (nSPS) is 10.3. The van der Waals surface area contributed by atoms with Gasteiger partial charge in [0.2, 0.25) is 0 Å². The molecular weight excluding hydrogens is 332 g/mol. The zero-order valence-electron chi connectivity index (χ0n) is 13.8. The first kappa shape index (κ1) is 17.2. The van der Waals surface area contributed by atoms with E-state index in [1.807, 2.05) is 0 Å². The smallest absolute Gasteiger partial charge is 0.259 e. The third-order valence-electron chi connectivity index (χ3n) is 3.69. The van der Waals surface area contributed by atoms with Crippen LogP contribution in [-0.2, 0) is 0 Å². The molecule has 3 rings (SSSR count). The van der Waals surface area contributed by atoms with Crippen LogP contribution < -0.4 is 5.32 Å². The molecule has 8 heteroatoms. The summed E-state index contributed by atoms with van der Waals surface area (Å²) in [4.78, 5) is 32.7. The summed E-state index contributed by atoms with van der Waals surface area (Å²) in [6.45, 7) is 0. The Morgan fingerprint density at radius 3 is 2.50 bits per heavy atom. The highest BCUT2D eigenvalue weighted by molar-refractivity contribution is 6.12. The Labute approximate surface area is 149 Å². The number of carbonyl (C=O) groups is 2. The van der Waals surface area contributed by atoms with Crippen LogP contribution in [0.25, 0.3) is 0 Å². The van der Waals surface area contributed by atoms with Gasteiger partial charge < -0.3 is 10.7 Å². The fourth-order valence-corrected chi connectivity index (χ4v) is 2.36. The van der Waals surface area contributed by atoms with E-state index < -0.39 is 5.91 Å². The molecule has 0 atom stereocenters. The maximum absolute atomic E-state index is 12.4. The third kappa shape index (κ3) is 4.04. The van der Waals surface area contributed by atoms with Crippen molar-refractivity contribution in [2.75, 3.05) is 5.32 Å². The molecule has 3 aromatic heterocycles. The molecule has 26 heavy (non-hydrogen) atoms. The van der Waals surface area contributed by atoms with Crippen LogP contribution >= 0.6 is 0 Å². The van der Waals surface area contributed by atoms with Crippen LogP contribution in [0.5, 0.6) is 0 Å². The van der Waals surface area contributed by atoms with Crippen LogP contribution in [0.3, 0.4) is 0 Å². The number of aromatic amines is 1. The zero-order chi connectivity index (χ0) is 18.4. The maximum atomic E-state index is 12.4. The van der Waals surface area contributed by atoms with Gasteiger partial charge in [-0.05, 0) is 24.6 Å². The molecule has 0 radical (unpaired) electrons. The fraction of sp³-hybridized carbons (Fsp3) is 0.111. The van der Waals surface area contributed by atoms with Crippen LogP contribution in [0.1, 0.15) is 39.3 Å². The average Bonchev–Trinajstić information content (AvgIpc) is 3.17. The van der Waals surface area contributed by atoms with Gasteiger partial charge in [0.1, 0.15) is 5.69 Å². The Morgan fingerprint density at radius 1 is 1.04 bits per heavy atom. The van der Waals surface area contributed by atoms with E-state index in [1.165, 1.54) is 12.4 Å². The molecule has 3 aromatic rings. The number of carbonyl (C=O) groups excluding carboxylic acids is 2. The van der Waals surface area contributed by atoms with Crippen molar-refractivity contribution in [2.24, 2.45) is 0 Å². The van der Waals surface area contributed by atoms with Gasteiger partial charge in [-0.25, -0.2) is 0 Å². The van der Waals surface area contributed by atoms with Gasteiger partial charge in [-0.2, -0.15) is 5.10 Å². The number of pyridine rings is 2. The Hall–Kier alpha value is -3.68. The fourth-order valence-electron chi connectivity index (χ4n) is 2.36. The summed E-state index contributed by atoms with van der Waals surface area (Å²) in [6, 6.07) is 6.90. The largest absolute Gasteiger partial charge is 0.320 e. The van der Waals surface area contributed by atoms with Gasteiger partial charge in [0, 0.05) is 36.3 Å². The van der Waals surface area contributed by atoms with Crippen molar-refractivity contribution in [1.29, 1.82) is 5.41 Å². The Morgan fingerprint density at radius 2 is 1.81 bits per heavy atom. The van der Waals surface area contributed by atoms with Crippen molar-refractivity contribution in [3.8, 4) is 0 Å². The summed E-state index contributed by atoms with van der Waals surface area (Å²) in [7, 11) is 0. The summed E-state index contributed by atoms with van der Waals surface area (Å²) < 4.78 is 0. The topological polar surface area (TPSA) is 124 Å². The van der Waals surface area contributed by atoms with E-state index in [-0.39, 0.29) is 29.9 Å². The first-order chi connectivity index (χ1) is 12.6. The highest BCUT2D eigenvalue weighted by Crippen LogP contribution is 2.13. The molecule has 3 heterocycles. The SMILES string of the molecule is N=C(CCC(=O)c1[nH]ncc1C(=O)Nc1cccnc1)c1cccnc1. The monoisotopic (exact) mass is 348 g/mol. The summed E-state index contributed by atoms with van der Waals surface area (Å²) >= 11 is 0. The summed E-state index contributed by atoms with van der Waals surface area (Å²) in [5.41, 5.74) is 1.79. The van der Waals surface area contributed by atoms with Crippen molar-refractivity contribution >= 4 is 23.1 Å². The number of hydrogen-bond donors (Lipinski definition) is 3. The standard InChI is InChI=1S/C18H16N6O2/c19-15(12-3-1-7-20-9-12)5-6-16(25)17-14(11-22-24-17)18(26)23-13-4-2-8-21-10-13/h1-4,7-11,19H,5-6H2,(H,22,24)(H,23,26). The zero-order valence-corrected chi connectivity index (χ0v) is 13.8. The minimum absolute atomic E-state index is 0.0864. The summed E-state index contributed by atoms with van der Waals surface area (Å²) in [6.07, 6.45) is 7.95. The molecule has 1 amide bonds. The van der Waals surface area contributed by atoms with Gasteiger partial charge >= 0.3 is 0 Å². The summed E-state index contributed by atoms with van der Waals surface area (Å²) in [5, 5.41) is 17.1. The minimum Gasteiger partial charge on any atom is -0.320 e. The molecule has 0 fully saturated rings. The molecular formula is C18H16N6O2. The van der Waals surface area contributed by atoms with Crippen molar-refractivity contribution in [3.05, 3.63) is 72.1 Å². The second-order valence-corrected chi connectivity index (χ2v) is 5.50. The number of H-pyrrole nitrogens is 1. The van der Waals surface area contributed by atoms with Crippen molar-refractivity contribution in [3.63, 3.8) is 0 Å². The van der Waals surface area contributed by atoms with E-state index in [0.29, 0.717) is 17.0 Å². The van der Waals surface area contributed by atoms with Crippen LogP contribution in [-0.4, -0.2) is 37.6 Å². The maximum Gasteiger partial charge on any atom is 0.259 e.